The van der Waals surface area contributed by atoms with Crippen molar-refractivity contribution >= 4 is 24.8 Å². The van der Waals surface area contributed by atoms with Gasteiger partial charge in [-0.1, -0.05) is 55.0 Å². The van der Waals surface area contributed by atoms with Crippen LogP contribution in [-0.2, 0) is 20.9 Å². The van der Waals surface area contributed by atoms with Crippen molar-refractivity contribution in [2.45, 2.75) is 72.1 Å². The molecule has 1 aliphatic rings. The van der Waals surface area contributed by atoms with Gasteiger partial charge in [0.25, 0.3) is 5.91 Å². The topological polar surface area (TPSA) is 55.4 Å². The third-order valence-corrected chi connectivity index (χ3v) is 12.1. The van der Waals surface area contributed by atoms with Crippen molar-refractivity contribution in [3.8, 4) is 0 Å². The monoisotopic (exact) mass is 468 g/mol. The first kappa shape index (κ1) is 25.4. The van der Waals surface area contributed by atoms with E-state index in [1.54, 1.807) is 0 Å². The molecule has 0 radical (unpaired) electrons. The summed E-state index contributed by atoms with van der Waals surface area (Å²) in [5.74, 6) is -0.0679. The van der Waals surface area contributed by atoms with Gasteiger partial charge in [-0.05, 0) is 69.6 Å². The number of hydrogen-bond acceptors (Lipinski definition) is 3. The third kappa shape index (κ3) is 6.67. The van der Waals surface area contributed by atoms with E-state index in [0.29, 0.717) is 12.8 Å². The van der Waals surface area contributed by atoms with Crippen LogP contribution in [0.5, 0.6) is 0 Å². The molecule has 1 unspecified atom stereocenters. The lowest BCUT2D eigenvalue weighted by Gasteiger charge is -2.32. The molecular weight excluding hydrogens is 429 g/mol. The number of amides is 1. The number of rotatable bonds is 8. The molecule has 0 bridgehead atoms. The highest BCUT2D eigenvalue weighted by atomic mass is 31.2. The second-order valence-electron chi connectivity index (χ2n) is 9.57. The molecular formula is C28H39NO3P+. The van der Waals surface area contributed by atoms with Gasteiger partial charge in [0.15, 0.2) is 6.16 Å². The van der Waals surface area contributed by atoms with Crippen LogP contribution in [0.3, 0.4) is 0 Å². The van der Waals surface area contributed by atoms with Gasteiger partial charge in [0.05, 0.1) is 12.3 Å². The maximum atomic E-state index is 13.7. The fourth-order valence-electron chi connectivity index (χ4n) is 5.34. The van der Waals surface area contributed by atoms with E-state index in [9.17, 15) is 9.59 Å². The Labute approximate surface area is 199 Å². The molecule has 1 saturated heterocycles. The molecule has 2 aromatic rings. The first-order valence-electron chi connectivity index (χ1n) is 12.3. The summed E-state index contributed by atoms with van der Waals surface area (Å²) in [4.78, 5) is 26.7. The predicted octanol–water partition coefficient (Wildman–Crippen LogP) is 6.66. The minimum Gasteiger partial charge on any atom is -0.458 e. The molecule has 0 saturated carbocycles. The van der Waals surface area contributed by atoms with Gasteiger partial charge in [0.1, 0.15) is 12.3 Å². The Bertz CT molecular complexity index is 926. The highest BCUT2D eigenvalue weighted by Gasteiger charge is 2.50. The van der Waals surface area contributed by atoms with E-state index in [0.717, 1.165) is 54.0 Å². The summed E-state index contributed by atoms with van der Waals surface area (Å²) in [5.41, 5.74) is 5.18. The van der Waals surface area contributed by atoms with E-state index >= 15 is 0 Å². The maximum Gasteiger partial charge on any atom is 0.344 e. The van der Waals surface area contributed by atoms with Gasteiger partial charge in [-0.2, -0.15) is 0 Å². The average molecular weight is 469 g/mol. The molecule has 1 heterocycles. The van der Waals surface area contributed by atoms with Crippen molar-refractivity contribution in [3.05, 3.63) is 64.7 Å². The minimum atomic E-state index is -1.84. The van der Waals surface area contributed by atoms with Gasteiger partial charge < -0.3 is 10.1 Å². The lowest BCUT2D eigenvalue weighted by atomic mass is 10.0. The number of aryl methyl sites for hydroxylation is 3. The SMILES string of the molecule is CCC(C(=O)Nc1c(C)cc(C)cc1C)[P+]1(CC(=O)OCc2ccccc2)CCCCCC1. The van der Waals surface area contributed by atoms with Crippen LogP contribution in [0.25, 0.3) is 0 Å². The number of ether oxygens (including phenoxy) is 1. The van der Waals surface area contributed by atoms with Crippen molar-refractivity contribution in [1.29, 1.82) is 0 Å². The summed E-state index contributed by atoms with van der Waals surface area (Å²) in [5, 5.41) is 3.27. The van der Waals surface area contributed by atoms with Crippen LogP contribution in [0.4, 0.5) is 5.69 Å². The van der Waals surface area contributed by atoms with Gasteiger partial charge in [-0.3, -0.25) is 4.79 Å². The van der Waals surface area contributed by atoms with Gasteiger partial charge in [-0.25, -0.2) is 4.79 Å². The van der Waals surface area contributed by atoms with Gasteiger partial charge in [-0.15, -0.1) is 0 Å². The van der Waals surface area contributed by atoms with Crippen molar-refractivity contribution in [2.75, 3.05) is 23.8 Å². The molecule has 5 heteroatoms. The number of anilines is 1. The largest absolute Gasteiger partial charge is 0.458 e. The fourth-order valence-corrected chi connectivity index (χ4v) is 10.4. The number of esters is 1. The van der Waals surface area contributed by atoms with E-state index in [1.165, 1.54) is 18.4 Å². The lowest BCUT2D eigenvalue weighted by molar-refractivity contribution is -0.141. The Morgan fingerprint density at radius 3 is 2.15 bits per heavy atom. The number of carbonyl (C=O) groups excluding carboxylic acids is 2. The second kappa shape index (κ2) is 11.8. The summed E-state index contributed by atoms with van der Waals surface area (Å²) >= 11 is 0. The van der Waals surface area contributed by atoms with Gasteiger partial charge >= 0.3 is 5.97 Å². The highest BCUT2D eigenvalue weighted by Crippen LogP contribution is 2.66. The summed E-state index contributed by atoms with van der Waals surface area (Å²) in [6.45, 7) is 8.57. The standard InChI is InChI=1S/C28H38NO3P/c1-5-25(28(31)29-27-22(3)17-21(2)18-23(27)4)33(15-11-6-7-12-16-33)20-26(30)32-19-24-13-9-8-10-14-24/h8-10,13-14,17-18,25H,5-7,11-12,15-16,19-20H2,1-4H3/p+1. The van der Waals surface area contributed by atoms with Crippen LogP contribution in [-0.4, -0.2) is 36.0 Å². The van der Waals surface area contributed by atoms with E-state index in [2.05, 4.69) is 31.3 Å². The van der Waals surface area contributed by atoms with Crippen molar-refractivity contribution in [3.63, 3.8) is 0 Å². The molecule has 0 aromatic heterocycles. The normalized spacial score (nSPS) is 16.5. The zero-order valence-corrected chi connectivity index (χ0v) is 21.5. The average Bonchev–Trinajstić information content (AvgIpc) is 3.02. The van der Waals surface area contributed by atoms with Crippen LogP contribution in [0.1, 0.15) is 61.3 Å². The number of benzene rings is 2. The molecule has 4 nitrogen and oxygen atoms in total. The highest BCUT2D eigenvalue weighted by molar-refractivity contribution is 7.78. The molecule has 1 fully saturated rings. The molecule has 1 N–H and O–H groups in total. The molecule has 1 atom stereocenters. The predicted molar refractivity (Wildman–Crippen MR) is 140 cm³/mol. The minimum absolute atomic E-state index is 0.0821. The molecule has 33 heavy (non-hydrogen) atoms. The Hall–Kier alpha value is -2.19. The van der Waals surface area contributed by atoms with E-state index < -0.39 is 7.26 Å². The molecule has 2 aromatic carbocycles. The van der Waals surface area contributed by atoms with E-state index in [1.807, 2.05) is 44.2 Å². The number of hydrogen-bond donors (Lipinski definition) is 1. The van der Waals surface area contributed by atoms with Crippen LogP contribution in [0, 0.1) is 20.8 Å². The Morgan fingerprint density at radius 1 is 0.970 bits per heavy atom. The smallest absolute Gasteiger partial charge is 0.344 e. The molecule has 0 spiro atoms. The van der Waals surface area contributed by atoms with E-state index in [-0.39, 0.29) is 17.5 Å². The van der Waals surface area contributed by atoms with Crippen molar-refractivity contribution in [1.82, 2.24) is 0 Å². The van der Waals surface area contributed by atoms with Crippen molar-refractivity contribution in [2.24, 2.45) is 0 Å². The molecule has 1 aliphatic heterocycles. The zero-order chi connectivity index (χ0) is 23.8. The summed E-state index contributed by atoms with van der Waals surface area (Å²) < 4.78 is 5.70. The van der Waals surface area contributed by atoms with Crippen LogP contribution in [0.15, 0.2) is 42.5 Å². The molecule has 178 valence electrons. The summed E-state index contributed by atoms with van der Waals surface area (Å²) in [6.07, 6.45) is 7.77. The zero-order valence-electron chi connectivity index (χ0n) is 20.7. The third-order valence-electron chi connectivity index (χ3n) is 6.92. The van der Waals surface area contributed by atoms with Crippen LogP contribution in [0.2, 0.25) is 0 Å². The number of nitrogens with one attached hydrogen (secondary N) is 1. The van der Waals surface area contributed by atoms with Crippen molar-refractivity contribution < 1.29 is 14.3 Å². The first-order chi connectivity index (χ1) is 15.8. The maximum absolute atomic E-state index is 13.7. The summed E-state index contributed by atoms with van der Waals surface area (Å²) in [7, 11) is -1.84. The fraction of sp³-hybridized carbons (Fsp3) is 0.500. The Morgan fingerprint density at radius 2 is 1.58 bits per heavy atom. The Kier molecular flexibility index (Phi) is 9.09. The number of carbonyl (C=O) groups is 2. The quantitative estimate of drug-likeness (QED) is 0.348. The van der Waals surface area contributed by atoms with Gasteiger partial charge in [0.2, 0.25) is 0 Å². The molecule has 3 rings (SSSR count). The first-order valence-corrected chi connectivity index (χ1v) is 14.7. The van der Waals surface area contributed by atoms with Crippen LogP contribution >= 0.6 is 7.26 Å². The van der Waals surface area contributed by atoms with Crippen LogP contribution < -0.4 is 5.32 Å². The summed E-state index contributed by atoms with van der Waals surface area (Å²) in [6, 6.07) is 14.0. The lowest BCUT2D eigenvalue weighted by Crippen LogP contribution is -2.35. The van der Waals surface area contributed by atoms with Gasteiger partial charge in [0, 0.05) is 12.9 Å². The molecule has 1 amide bonds. The Balaban J connectivity index is 1.79. The van der Waals surface area contributed by atoms with E-state index in [4.69, 9.17) is 4.74 Å². The molecule has 0 aliphatic carbocycles. The second-order valence-corrected chi connectivity index (χ2v) is 13.8.